The van der Waals surface area contributed by atoms with E-state index in [9.17, 15) is 9.59 Å². The second-order valence-electron chi connectivity index (χ2n) is 5.80. The molecule has 2 heterocycles. The fraction of sp³-hybridized carbons (Fsp3) is 0.533. The number of nitrogens with one attached hydrogen (secondary N) is 1. The van der Waals surface area contributed by atoms with Crippen LogP contribution in [0.25, 0.3) is 0 Å². The van der Waals surface area contributed by atoms with Crippen molar-refractivity contribution in [1.82, 2.24) is 15.2 Å². The molecule has 1 fully saturated rings. The van der Waals surface area contributed by atoms with E-state index in [0.717, 1.165) is 0 Å². The number of aliphatic carboxylic acids is 1. The van der Waals surface area contributed by atoms with Crippen molar-refractivity contribution >= 4 is 35.2 Å². The SMILES string of the molecule is CC1CC(C(=O)O)CN(C(=O)NCCOc2ncc(Cl)cc2Cl)C1. The quantitative estimate of drug-likeness (QED) is 0.771. The molecule has 0 aliphatic carbocycles. The standard InChI is InChI=1S/C15H19Cl2N3O4/c1-9-4-10(14(21)22)8-20(7-9)15(23)18-2-3-24-13-12(17)5-11(16)6-19-13/h5-6,9-10H,2-4,7-8H2,1H3,(H,18,23)(H,21,22). The molecule has 0 bridgehead atoms. The van der Waals surface area contributed by atoms with Crippen LogP contribution in [0, 0.1) is 11.8 Å². The van der Waals surface area contributed by atoms with E-state index < -0.39 is 11.9 Å². The normalized spacial score (nSPS) is 20.5. The number of urea groups is 1. The number of carbonyl (C=O) groups is 2. The van der Waals surface area contributed by atoms with Crippen molar-refractivity contribution in [2.45, 2.75) is 13.3 Å². The number of hydrogen-bond donors (Lipinski definition) is 2. The van der Waals surface area contributed by atoms with Crippen LogP contribution < -0.4 is 10.1 Å². The Bertz CT molecular complexity index is 614. The fourth-order valence-corrected chi connectivity index (χ4v) is 3.06. The third-order valence-electron chi connectivity index (χ3n) is 3.69. The van der Waals surface area contributed by atoms with Crippen molar-refractivity contribution < 1.29 is 19.4 Å². The fourth-order valence-electron chi connectivity index (χ4n) is 2.62. The summed E-state index contributed by atoms with van der Waals surface area (Å²) in [6.45, 7) is 3.14. The van der Waals surface area contributed by atoms with Crippen LogP contribution in [-0.4, -0.2) is 53.2 Å². The maximum absolute atomic E-state index is 12.1. The number of likely N-dealkylation sites (tertiary alicyclic amines) is 1. The second-order valence-corrected chi connectivity index (χ2v) is 6.65. The lowest BCUT2D eigenvalue weighted by Gasteiger charge is -2.34. The summed E-state index contributed by atoms with van der Waals surface area (Å²) in [7, 11) is 0. The van der Waals surface area contributed by atoms with Gasteiger partial charge in [-0.2, -0.15) is 0 Å². The summed E-state index contributed by atoms with van der Waals surface area (Å²) in [6.07, 6.45) is 2.01. The van der Waals surface area contributed by atoms with Gasteiger partial charge in [0.2, 0.25) is 5.88 Å². The van der Waals surface area contributed by atoms with Gasteiger partial charge in [-0.15, -0.1) is 0 Å². The van der Waals surface area contributed by atoms with E-state index in [1.54, 1.807) is 0 Å². The Morgan fingerprint density at radius 2 is 2.21 bits per heavy atom. The largest absolute Gasteiger partial charge is 0.481 e. The number of pyridine rings is 1. The molecule has 1 aliphatic heterocycles. The van der Waals surface area contributed by atoms with Gasteiger partial charge in [-0.05, 0) is 18.4 Å². The van der Waals surface area contributed by atoms with Crippen molar-refractivity contribution in [3.05, 3.63) is 22.3 Å². The second kappa shape index (κ2) is 8.39. The lowest BCUT2D eigenvalue weighted by molar-refractivity contribution is -0.143. The van der Waals surface area contributed by atoms with E-state index in [-0.39, 0.29) is 37.5 Å². The highest BCUT2D eigenvalue weighted by molar-refractivity contribution is 6.35. The van der Waals surface area contributed by atoms with Crippen LogP contribution in [0.1, 0.15) is 13.3 Å². The third-order valence-corrected chi connectivity index (χ3v) is 4.16. The van der Waals surface area contributed by atoms with Crippen LogP contribution in [0.5, 0.6) is 5.88 Å². The number of amides is 2. The number of nitrogens with zero attached hydrogens (tertiary/aromatic N) is 2. The van der Waals surface area contributed by atoms with Gasteiger partial charge in [0.05, 0.1) is 17.5 Å². The summed E-state index contributed by atoms with van der Waals surface area (Å²) in [5.41, 5.74) is 0. The summed E-state index contributed by atoms with van der Waals surface area (Å²) in [4.78, 5) is 28.8. The van der Waals surface area contributed by atoms with Gasteiger partial charge < -0.3 is 20.1 Å². The Hall–Kier alpha value is -1.73. The zero-order valence-electron chi connectivity index (χ0n) is 13.2. The maximum atomic E-state index is 12.1. The molecule has 1 aromatic heterocycles. The van der Waals surface area contributed by atoms with Gasteiger partial charge >= 0.3 is 12.0 Å². The minimum atomic E-state index is -0.869. The first-order valence-electron chi connectivity index (χ1n) is 7.56. The molecule has 132 valence electrons. The van der Waals surface area contributed by atoms with Crippen molar-refractivity contribution in [3.63, 3.8) is 0 Å². The number of ether oxygens (including phenoxy) is 1. The first-order chi connectivity index (χ1) is 11.4. The predicted octanol–water partition coefficient (Wildman–Crippen LogP) is 2.52. The van der Waals surface area contributed by atoms with Gasteiger partial charge in [-0.1, -0.05) is 30.1 Å². The highest BCUT2D eigenvalue weighted by atomic mass is 35.5. The average molecular weight is 376 g/mol. The van der Waals surface area contributed by atoms with Crippen molar-refractivity contribution in [2.24, 2.45) is 11.8 Å². The number of carboxylic acids is 1. The summed E-state index contributed by atoms with van der Waals surface area (Å²) in [5.74, 6) is -0.995. The molecule has 2 atom stereocenters. The highest BCUT2D eigenvalue weighted by Gasteiger charge is 2.31. The molecule has 2 N–H and O–H groups in total. The number of rotatable bonds is 5. The van der Waals surface area contributed by atoms with Gasteiger partial charge in [0.1, 0.15) is 11.6 Å². The van der Waals surface area contributed by atoms with Gasteiger partial charge in [0, 0.05) is 19.3 Å². The molecule has 7 nitrogen and oxygen atoms in total. The first-order valence-corrected chi connectivity index (χ1v) is 8.32. The van der Waals surface area contributed by atoms with Crippen LogP contribution in [-0.2, 0) is 4.79 Å². The summed E-state index contributed by atoms with van der Waals surface area (Å²) in [6, 6.07) is 1.22. The Balaban J connectivity index is 1.77. The number of carboxylic acid groups (broad SMARTS) is 1. The van der Waals surface area contributed by atoms with Crippen LogP contribution >= 0.6 is 23.2 Å². The van der Waals surface area contributed by atoms with E-state index in [0.29, 0.717) is 23.0 Å². The van der Waals surface area contributed by atoms with E-state index >= 15 is 0 Å². The van der Waals surface area contributed by atoms with Crippen molar-refractivity contribution in [2.75, 3.05) is 26.2 Å². The summed E-state index contributed by atoms with van der Waals surface area (Å²) in [5, 5.41) is 12.5. The van der Waals surface area contributed by atoms with E-state index in [4.69, 9.17) is 33.0 Å². The molecule has 0 spiro atoms. The molecule has 2 amide bonds. The molecule has 0 saturated carbocycles. The minimum absolute atomic E-state index is 0.152. The number of carbonyl (C=O) groups excluding carboxylic acids is 1. The summed E-state index contributed by atoms with van der Waals surface area (Å²) < 4.78 is 5.38. The van der Waals surface area contributed by atoms with Gasteiger partial charge in [0.15, 0.2) is 0 Å². The molecular formula is C15H19Cl2N3O4. The topological polar surface area (TPSA) is 91.8 Å². The first kappa shape index (κ1) is 18.6. The molecule has 24 heavy (non-hydrogen) atoms. The van der Waals surface area contributed by atoms with E-state index in [1.165, 1.54) is 17.2 Å². The number of aromatic nitrogens is 1. The van der Waals surface area contributed by atoms with Gasteiger partial charge in [-0.3, -0.25) is 4.79 Å². The Morgan fingerprint density at radius 1 is 1.46 bits per heavy atom. The Kier molecular flexibility index (Phi) is 6.51. The Morgan fingerprint density at radius 3 is 2.88 bits per heavy atom. The number of hydrogen-bond acceptors (Lipinski definition) is 4. The minimum Gasteiger partial charge on any atom is -0.481 e. The Labute approximate surface area is 149 Å². The molecule has 0 aromatic carbocycles. The highest BCUT2D eigenvalue weighted by Crippen LogP contribution is 2.24. The molecule has 1 aliphatic rings. The smallest absolute Gasteiger partial charge is 0.317 e. The van der Waals surface area contributed by atoms with Crippen molar-refractivity contribution in [1.29, 1.82) is 0 Å². The number of piperidine rings is 1. The van der Waals surface area contributed by atoms with Crippen LogP contribution in [0.2, 0.25) is 10.0 Å². The lowest BCUT2D eigenvalue weighted by atomic mass is 9.91. The molecule has 0 radical (unpaired) electrons. The molecular weight excluding hydrogens is 357 g/mol. The zero-order chi connectivity index (χ0) is 17.7. The molecule has 2 rings (SSSR count). The van der Waals surface area contributed by atoms with Crippen molar-refractivity contribution in [3.8, 4) is 5.88 Å². The van der Waals surface area contributed by atoms with Gasteiger partial charge in [-0.25, -0.2) is 9.78 Å². The zero-order valence-corrected chi connectivity index (χ0v) is 14.7. The molecule has 1 aromatic rings. The third kappa shape index (κ3) is 5.14. The van der Waals surface area contributed by atoms with E-state index in [1.807, 2.05) is 6.92 Å². The predicted molar refractivity (Wildman–Crippen MR) is 89.6 cm³/mol. The maximum Gasteiger partial charge on any atom is 0.317 e. The van der Waals surface area contributed by atoms with Crippen LogP contribution in [0.3, 0.4) is 0 Å². The lowest BCUT2D eigenvalue weighted by Crippen LogP contribution is -2.50. The van der Waals surface area contributed by atoms with E-state index in [2.05, 4.69) is 10.3 Å². The molecule has 9 heteroatoms. The molecule has 1 saturated heterocycles. The number of halogens is 2. The monoisotopic (exact) mass is 375 g/mol. The van der Waals surface area contributed by atoms with Gasteiger partial charge in [0.25, 0.3) is 0 Å². The van der Waals surface area contributed by atoms with Crippen LogP contribution in [0.4, 0.5) is 4.79 Å². The summed E-state index contributed by atoms with van der Waals surface area (Å²) >= 11 is 11.7. The molecule has 2 unspecified atom stereocenters. The van der Waals surface area contributed by atoms with Crippen LogP contribution in [0.15, 0.2) is 12.3 Å². The average Bonchev–Trinajstić information content (AvgIpc) is 2.52.